The summed E-state index contributed by atoms with van der Waals surface area (Å²) in [6.07, 6.45) is 3.02. The molecule has 3 aromatic rings. The molecule has 6 nitrogen and oxygen atoms in total. The number of halogens is 1. The first-order chi connectivity index (χ1) is 15.1. The van der Waals surface area contributed by atoms with Crippen LogP contribution in [0.3, 0.4) is 0 Å². The van der Waals surface area contributed by atoms with Crippen molar-refractivity contribution in [2.24, 2.45) is 0 Å². The number of carbonyl (C=O) groups excluding carboxylic acids is 1. The van der Waals surface area contributed by atoms with E-state index >= 15 is 0 Å². The van der Waals surface area contributed by atoms with Crippen LogP contribution in [-0.2, 0) is 6.42 Å². The molecule has 7 heteroatoms. The minimum absolute atomic E-state index is 0.0989. The lowest BCUT2D eigenvalue weighted by Crippen LogP contribution is -2.47. The van der Waals surface area contributed by atoms with E-state index in [4.69, 9.17) is 21.6 Å². The summed E-state index contributed by atoms with van der Waals surface area (Å²) in [5.74, 6) is 1.94. The first-order valence-corrected chi connectivity index (χ1v) is 11.0. The molecule has 1 aliphatic heterocycles. The second-order valence-corrected chi connectivity index (χ2v) is 8.61. The number of hydrogen-bond donors (Lipinski definition) is 0. The van der Waals surface area contributed by atoms with E-state index in [0.29, 0.717) is 17.0 Å². The van der Waals surface area contributed by atoms with Gasteiger partial charge >= 0.3 is 0 Å². The summed E-state index contributed by atoms with van der Waals surface area (Å²) in [7, 11) is 0. The fraction of sp³-hybridized carbons (Fsp3) is 0.333. The van der Waals surface area contributed by atoms with Crippen molar-refractivity contribution >= 4 is 29.2 Å². The highest BCUT2D eigenvalue weighted by atomic mass is 35.5. The van der Waals surface area contributed by atoms with Gasteiger partial charge in [0.2, 0.25) is 5.95 Å². The molecule has 31 heavy (non-hydrogen) atoms. The molecule has 2 aliphatic rings. The summed E-state index contributed by atoms with van der Waals surface area (Å²) in [5, 5.41) is 0.695. The van der Waals surface area contributed by atoms with E-state index in [1.807, 2.05) is 55.6 Å². The zero-order chi connectivity index (χ0) is 21.4. The summed E-state index contributed by atoms with van der Waals surface area (Å²) in [4.78, 5) is 31.4. The Labute approximate surface area is 186 Å². The van der Waals surface area contributed by atoms with Crippen LogP contribution in [0.25, 0.3) is 0 Å². The van der Waals surface area contributed by atoms with Crippen molar-refractivity contribution in [1.29, 1.82) is 0 Å². The van der Waals surface area contributed by atoms with E-state index in [0.717, 1.165) is 61.3 Å². The van der Waals surface area contributed by atoms with E-state index in [1.54, 1.807) is 0 Å². The molecule has 0 bridgehead atoms. The number of fused-ring (bicyclic) bond motifs is 1. The average molecular weight is 434 g/mol. The SMILES string of the molecule is Cc1nc(N2CCN(c3ccccn3)CC2)nc2c1C(=O)C[C@H](c1cccc(Cl)c1)C2. The van der Waals surface area contributed by atoms with Crippen LogP contribution in [0.1, 0.15) is 39.6 Å². The summed E-state index contributed by atoms with van der Waals surface area (Å²) in [6, 6.07) is 13.8. The van der Waals surface area contributed by atoms with Gasteiger partial charge in [-0.3, -0.25) is 4.79 Å². The second kappa shape index (κ2) is 8.27. The first kappa shape index (κ1) is 19.9. The Balaban J connectivity index is 1.37. The third kappa shape index (κ3) is 4.00. The molecule has 1 fully saturated rings. The van der Waals surface area contributed by atoms with Gasteiger partial charge in [-0.15, -0.1) is 0 Å². The Morgan fingerprint density at radius 2 is 1.77 bits per heavy atom. The number of benzene rings is 1. The number of anilines is 2. The number of rotatable bonds is 3. The minimum Gasteiger partial charge on any atom is -0.353 e. The molecule has 1 atom stereocenters. The van der Waals surface area contributed by atoms with Crippen molar-refractivity contribution in [2.75, 3.05) is 36.0 Å². The van der Waals surface area contributed by atoms with Gasteiger partial charge in [-0.2, -0.15) is 0 Å². The van der Waals surface area contributed by atoms with Gasteiger partial charge in [0.25, 0.3) is 0 Å². The highest BCUT2D eigenvalue weighted by Crippen LogP contribution is 2.34. The van der Waals surface area contributed by atoms with Crippen molar-refractivity contribution in [3.63, 3.8) is 0 Å². The van der Waals surface area contributed by atoms with Gasteiger partial charge in [0, 0.05) is 43.8 Å². The standard InChI is InChI=1S/C24H24ClN5O/c1-16-23-20(14-18(15-21(23)31)17-5-4-6-19(25)13-17)28-24(27-16)30-11-9-29(10-12-30)22-7-2-3-8-26-22/h2-8,13,18H,9-12,14-15H2,1H3/t18-/m1/s1. The largest absolute Gasteiger partial charge is 0.353 e. The number of nitrogens with zero attached hydrogens (tertiary/aromatic N) is 5. The summed E-state index contributed by atoms with van der Waals surface area (Å²) >= 11 is 6.18. The van der Waals surface area contributed by atoms with Gasteiger partial charge in [-0.25, -0.2) is 15.0 Å². The van der Waals surface area contributed by atoms with Crippen molar-refractivity contribution in [3.05, 3.63) is 76.2 Å². The molecule has 2 aromatic heterocycles. The van der Waals surface area contributed by atoms with Crippen LogP contribution < -0.4 is 9.80 Å². The third-order valence-corrected chi connectivity index (χ3v) is 6.39. The van der Waals surface area contributed by atoms with Gasteiger partial charge in [0.1, 0.15) is 5.82 Å². The normalized spacial score (nSPS) is 18.8. The molecule has 158 valence electrons. The van der Waals surface area contributed by atoms with Gasteiger partial charge in [-0.1, -0.05) is 29.8 Å². The monoisotopic (exact) mass is 433 g/mol. The number of pyridine rings is 1. The molecule has 0 N–H and O–H groups in total. The number of hydrogen-bond acceptors (Lipinski definition) is 6. The lowest BCUT2D eigenvalue weighted by molar-refractivity contribution is 0.0962. The highest BCUT2D eigenvalue weighted by molar-refractivity contribution is 6.30. The molecular weight excluding hydrogens is 410 g/mol. The maximum atomic E-state index is 12.9. The maximum Gasteiger partial charge on any atom is 0.225 e. The van der Waals surface area contributed by atoms with E-state index in [9.17, 15) is 4.79 Å². The van der Waals surface area contributed by atoms with Crippen LogP contribution in [0.4, 0.5) is 11.8 Å². The zero-order valence-electron chi connectivity index (χ0n) is 17.5. The molecule has 1 aliphatic carbocycles. The summed E-state index contributed by atoms with van der Waals surface area (Å²) < 4.78 is 0. The van der Waals surface area contributed by atoms with Crippen LogP contribution in [0.15, 0.2) is 48.7 Å². The van der Waals surface area contributed by atoms with Crippen LogP contribution in [0.2, 0.25) is 5.02 Å². The van der Waals surface area contributed by atoms with Crippen LogP contribution in [-0.4, -0.2) is 46.9 Å². The van der Waals surface area contributed by atoms with Gasteiger partial charge in [-0.05, 0) is 49.1 Å². The van der Waals surface area contributed by atoms with E-state index in [2.05, 4.69) is 14.8 Å². The zero-order valence-corrected chi connectivity index (χ0v) is 18.2. The number of carbonyl (C=O) groups is 1. The summed E-state index contributed by atoms with van der Waals surface area (Å²) in [6.45, 7) is 5.29. The smallest absolute Gasteiger partial charge is 0.225 e. The average Bonchev–Trinajstić information content (AvgIpc) is 2.79. The Morgan fingerprint density at radius 1 is 0.968 bits per heavy atom. The predicted octanol–water partition coefficient (Wildman–Crippen LogP) is 4.07. The highest BCUT2D eigenvalue weighted by Gasteiger charge is 2.31. The first-order valence-electron chi connectivity index (χ1n) is 10.7. The fourth-order valence-electron chi connectivity index (χ4n) is 4.57. The van der Waals surface area contributed by atoms with Crippen molar-refractivity contribution in [3.8, 4) is 0 Å². The number of Topliss-reactive ketones (excluding diaryl/α,β-unsaturated/α-hetero) is 1. The molecule has 1 aromatic carbocycles. The quantitative estimate of drug-likeness (QED) is 0.620. The van der Waals surface area contributed by atoms with Crippen molar-refractivity contribution < 1.29 is 4.79 Å². The minimum atomic E-state index is 0.0989. The lowest BCUT2D eigenvalue weighted by Gasteiger charge is -2.36. The number of piperazine rings is 1. The van der Waals surface area contributed by atoms with Crippen molar-refractivity contribution in [2.45, 2.75) is 25.7 Å². The maximum absolute atomic E-state index is 12.9. The van der Waals surface area contributed by atoms with E-state index in [-0.39, 0.29) is 11.7 Å². The summed E-state index contributed by atoms with van der Waals surface area (Å²) in [5.41, 5.74) is 3.43. The topological polar surface area (TPSA) is 62.2 Å². The molecule has 3 heterocycles. The molecule has 0 saturated carbocycles. The van der Waals surface area contributed by atoms with Crippen molar-refractivity contribution in [1.82, 2.24) is 15.0 Å². The van der Waals surface area contributed by atoms with Gasteiger partial charge in [0.15, 0.2) is 5.78 Å². The molecule has 0 amide bonds. The lowest BCUT2D eigenvalue weighted by atomic mass is 9.81. The van der Waals surface area contributed by atoms with Gasteiger partial charge in [0.05, 0.1) is 17.0 Å². The Kier molecular flexibility index (Phi) is 5.32. The van der Waals surface area contributed by atoms with Crippen LogP contribution in [0.5, 0.6) is 0 Å². The van der Waals surface area contributed by atoms with Crippen LogP contribution in [0, 0.1) is 6.92 Å². The fourth-order valence-corrected chi connectivity index (χ4v) is 4.77. The van der Waals surface area contributed by atoms with E-state index in [1.165, 1.54) is 0 Å². The Morgan fingerprint density at radius 3 is 2.52 bits per heavy atom. The molecular formula is C24H24ClN5O. The van der Waals surface area contributed by atoms with Gasteiger partial charge < -0.3 is 9.80 Å². The van der Waals surface area contributed by atoms with E-state index < -0.39 is 0 Å². The number of aryl methyl sites for hydroxylation is 1. The number of ketones is 1. The molecule has 0 radical (unpaired) electrons. The Hall–Kier alpha value is -2.99. The molecule has 0 spiro atoms. The number of aromatic nitrogens is 3. The molecule has 0 unspecified atom stereocenters. The molecule has 1 saturated heterocycles. The molecule has 5 rings (SSSR count). The van der Waals surface area contributed by atoms with Crippen LogP contribution >= 0.6 is 11.6 Å². The Bertz CT molecular complexity index is 1110. The third-order valence-electron chi connectivity index (χ3n) is 6.16. The second-order valence-electron chi connectivity index (χ2n) is 8.18. The predicted molar refractivity (Wildman–Crippen MR) is 122 cm³/mol.